The average Bonchev–Trinajstić information content (AvgIpc) is 2.84. The molecule has 0 spiro atoms. The molecule has 3 rings (SSSR count). The molecule has 0 aliphatic carbocycles. The van der Waals surface area contributed by atoms with Crippen molar-refractivity contribution < 1.29 is 8.81 Å². The van der Waals surface area contributed by atoms with Crippen molar-refractivity contribution in [2.45, 2.75) is 6.04 Å². The van der Waals surface area contributed by atoms with Gasteiger partial charge in [-0.05, 0) is 23.8 Å². The minimum absolute atomic E-state index is 0.222. The fourth-order valence-electron chi connectivity index (χ4n) is 2.08. The molecule has 0 amide bonds. The Morgan fingerprint density at radius 3 is 2.63 bits per heavy atom. The Morgan fingerprint density at radius 1 is 1.11 bits per heavy atom. The Hall–Kier alpha value is -1.84. The molecular formula is C15H11ClFNO. The Morgan fingerprint density at radius 2 is 1.89 bits per heavy atom. The van der Waals surface area contributed by atoms with Crippen LogP contribution in [0, 0.1) is 5.82 Å². The second-order valence-corrected chi connectivity index (χ2v) is 4.71. The van der Waals surface area contributed by atoms with E-state index < -0.39 is 11.9 Å². The van der Waals surface area contributed by atoms with Crippen molar-refractivity contribution in [3.05, 3.63) is 70.7 Å². The zero-order chi connectivity index (χ0) is 13.4. The normalized spacial score (nSPS) is 12.8. The molecule has 3 aromatic rings. The minimum atomic E-state index is -0.513. The van der Waals surface area contributed by atoms with Crippen molar-refractivity contribution in [3.63, 3.8) is 0 Å². The number of rotatable bonds is 2. The third kappa shape index (κ3) is 2.11. The zero-order valence-electron chi connectivity index (χ0n) is 9.94. The molecule has 0 radical (unpaired) electrons. The van der Waals surface area contributed by atoms with Gasteiger partial charge in [0.25, 0.3) is 0 Å². The van der Waals surface area contributed by atoms with E-state index in [4.69, 9.17) is 21.8 Å². The highest BCUT2D eigenvalue weighted by atomic mass is 35.5. The molecule has 1 atom stereocenters. The topological polar surface area (TPSA) is 39.2 Å². The number of benzene rings is 2. The Balaban J connectivity index is 2.10. The number of nitrogens with two attached hydrogens (primary N) is 1. The lowest BCUT2D eigenvalue weighted by Gasteiger charge is -2.10. The molecule has 2 aromatic carbocycles. The van der Waals surface area contributed by atoms with Crippen LogP contribution >= 0.6 is 11.6 Å². The van der Waals surface area contributed by atoms with E-state index in [2.05, 4.69) is 0 Å². The van der Waals surface area contributed by atoms with Crippen LogP contribution in [0.2, 0.25) is 5.02 Å². The highest BCUT2D eigenvalue weighted by Gasteiger charge is 2.17. The first-order valence-electron chi connectivity index (χ1n) is 5.85. The van der Waals surface area contributed by atoms with Crippen LogP contribution in [0.3, 0.4) is 0 Å². The van der Waals surface area contributed by atoms with Crippen LogP contribution in [0.5, 0.6) is 0 Å². The number of para-hydroxylation sites is 1. The Kier molecular flexibility index (Phi) is 3.01. The van der Waals surface area contributed by atoms with E-state index in [1.54, 1.807) is 24.3 Å². The van der Waals surface area contributed by atoms with Gasteiger partial charge in [0.15, 0.2) is 11.4 Å². The zero-order valence-corrected chi connectivity index (χ0v) is 10.7. The van der Waals surface area contributed by atoms with Crippen LogP contribution in [0.25, 0.3) is 11.0 Å². The van der Waals surface area contributed by atoms with Crippen molar-refractivity contribution in [1.29, 1.82) is 0 Å². The summed E-state index contributed by atoms with van der Waals surface area (Å²) in [5.41, 5.74) is 7.11. The smallest absolute Gasteiger partial charge is 0.169 e. The highest BCUT2D eigenvalue weighted by molar-refractivity contribution is 6.31. The maximum absolute atomic E-state index is 13.6. The summed E-state index contributed by atoms with van der Waals surface area (Å²) in [5, 5.41) is 1.26. The predicted octanol–water partition coefficient (Wildman–Crippen LogP) is 4.27. The van der Waals surface area contributed by atoms with Crippen molar-refractivity contribution >= 4 is 22.6 Å². The Labute approximate surface area is 114 Å². The molecule has 2 nitrogen and oxygen atoms in total. The van der Waals surface area contributed by atoms with Crippen molar-refractivity contribution in [1.82, 2.24) is 0 Å². The second-order valence-electron chi connectivity index (χ2n) is 4.31. The molecule has 0 aliphatic heterocycles. The number of furan rings is 1. The second kappa shape index (κ2) is 4.68. The molecule has 0 aliphatic rings. The van der Waals surface area contributed by atoms with E-state index in [0.717, 1.165) is 5.56 Å². The number of hydrogen-bond donors (Lipinski definition) is 1. The molecule has 0 saturated heterocycles. The van der Waals surface area contributed by atoms with Gasteiger partial charge < -0.3 is 10.2 Å². The van der Waals surface area contributed by atoms with Crippen LogP contribution in [0.1, 0.15) is 17.4 Å². The lowest BCUT2D eigenvalue weighted by Crippen LogP contribution is -2.11. The van der Waals surface area contributed by atoms with Crippen LogP contribution in [0.4, 0.5) is 4.39 Å². The van der Waals surface area contributed by atoms with Gasteiger partial charge in [-0.1, -0.05) is 41.9 Å². The standard InChI is InChI=1S/C15H11ClFNO/c16-11-6-2-1-5-10(11)14(18)13-8-9-4-3-7-12(17)15(9)19-13/h1-8,14H,18H2. The highest BCUT2D eigenvalue weighted by Crippen LogP contribution is 2.31. The first kappa shape index (κ1) is 12.2. The van der Waals surface area contributed by atoms with Gasteiger partial charge in [0, 0.05) is 10.4 Å². The SMILES string of the molecule is NC(c1cc2cccc(F)c2o1)c1ccccc1Cl. The summed E-state index contributed by atoms with van der Waals surface area (Å²) in [6.07, 6.45) is 0. The molecule has 0 bridgehead atoms. The third-order valence-corrected chi connectivity index (χ3v) is 3.41. The first-order valence-corrected chi connectivity index (χ1v) is 6.22. The van der Waals surface area contributed by atoms with Gasteiger partial charge in [0.1, 0.15) is 5.76 Å². The summed E-state index contributed by atoms with van der Waals surface area (Å²) >= 11 is 6.10. The number of halogens is 2. The van der Waals surface area contributed by atoms with Gasteiger partial charge in [-0.2, -0.15) is 0 Å². The first-order chi connectivity index (χ1) is 9.16. The molecule has 96 valence electrons. The average molecular weight is 276 g/mol. The van der Waals surface area contributed by atoms with Gasteiger partial charge in [0.2, 0.25) is 0 Å². The van der Waals surface area contributed by atoms with E-state index in [9.17, 15) is 4.39 Å². The summed E-state index contributed by atoms with van der Waals surface area (Å²) in [7, 11) is 0. The minimum Gasteiger partial charge on any atom is -0.456 e. The lowest BCUT2D eigenvalue weighted by atomic mass is 10.1. The van der Waals surface area contributed by atoms with Gasteiger partial charge in [-0.3, -0.25) is 0 Å². The van der Waals surface area contributed by atoms with E-state index in [1.165, 1.54) is 6.07 Å². The van der Waals surface area contributed by atoms with E-state index >= 15 is 0 Å². The van der Waals surface area contributed by atoms with Crippen LogP contribution < -0.4 is 5.73 Å². The molecule has 1 aromatic heterocycles. The van der Waals surface area contributed by atoms with Crippen molar-refractivity contribution in [2.75, 3.05) is 0 Å². The third-order valence-electron chi connectivity index (χ3n) is 3.06. The quantitative estimate of drug-likeness (QED) is 0.758. The number of fused-ring (bicyclic) bond motifs is 1. The van der Waals surface area contributed by atoms with Gasteiger partial charge >= 0.3 is 0 Å². The fraction of sp³-hybridized carbons (Fsp3) is 0.0667. The van der Waals surface area contributed by atoms with E-state index in [1.807, 2.05) is 18.2 Å². The van der Waals surface area contributed by atoms with Crippen LogP contribution in [-0.2, 0) is 0 Å². The maximum atomic E-state index is 13.6. The van der Waals surface area contributed by atoms with E-state index in [0.29, 0.717) is 16.2 Å². The molecule has 0 fully saturated rings. The van der Waals surface area contributed by atoms with Crippen LogP contribution in [0.15, 0.2) is 52.9 Å². The summed E-state index contributed by atoms with van der Waals surface area (Å²) in [5.74, 6) is 0.100. The molecule has 1 heterocycles. The van der Waals surface area contributed by atoms with Gasteiger partial charge in [-0.25, -0.2) is 4.39 Å². The number of hydrogen-bond acceptors (Lipinski definition) is 2. The van der Waals surface area contributed by atoms with Gasteiger partial charge in [-0.15, -0.1) is 0 Å². The molecule has 4 heteroatoms. The summed E-state index contributed by atoms with van der Waals surface area (Å²) in [6.45, 7) is 0. The molecular weight excluding hydrogens is 265 g/mol. The predicted molar refractivity (Wildman–Crippen MR) is 73.7 cm³/mol. The summed E-state index contributed by atoms with van der Waals surface area (Å²) in [4.78, 5) is 0. The van der Waals surface area contributed by atoms with Crippen LogP contribution in [-0.4, -0.2) is 0 Å². The maximum Gasteiger partial charge on any atom is 0.169 e. The monoisotopic (exact) mass is 275 g/mol. The molecule has 2 N–H and O–H groups in total. The largest absolute Gasteiger partial charge is 0.456 e. The van der Waals surface area contributed by atoms with Crippen molar-refractivity contribution in [2.24, 2.45) is 5.73 Å². The van der Waals surface area contributed by atoms with E-state index in [-0.39, 0.29) is 5.58 Å². The van der Waals surface area contributed by atoms with Crippen molar-refractivity contribution in [3.8, 4) is 0 Å². The molecule has 19 heavy (non-hydrogen) atoms. The summed E-state index contributed by atoms with van der Waals surface area (Å²) < 4.78 is 19.1. The fourth-order valence-corrected chi connectivity index (χ4v) is 2.33. The molecule has 1 unspecified atom stereocenters. The molecule has 0 saturated carbocycles. The summed E-state index contributed by atoms with van der Waals surface area (Å²) in [6, 6.07) is 13.3. The Bertz CT molecular complexity index is 738. The van der Waals surface area contributed by atoms with Gasteiger partial charge in [0.05, 0.1) is 6.04 Å². The lowest BCUT2D eigenvalue weighted by molar-refractivity contribution is 0.502.